The Kier molecular flexibility index (Phi) is 3.87. The summed E-state index contributed by atoms with van der Waals surface area (Å²) in [6.45, 7) is 0.618. The number of rotatable bonds is 4. The highest BCUT2D eigenvalue weighted by Gasteiger charge is 2.34. The van der Waals surface area contributed by atoms with Crippen molar-refractivity contribution in [1.29, 1.82) is 0 Å². The molecule has 112 valence electrons. The van der Waals surface area contributed by atoms with Crippen molar-refractivity contribution in [3.05, 3.63) is 35.7 Å². The average Bonchev–Trinajstić information content (AvgIpc) is 3.12. The lowest BCUT2D eigenvalue weighted by Gasteiger charge is -2.15. The van der Waals surface area contributed by atoms with E-state index in [1.165, 1.54) is 15.6 Å². The first-order valence-electron chi connectivity index (χ1n) is 6.23. The molecule has 3 rings (SSSR count). The Morgan fingerprint density at radius 1 is 1.38 bits per heavy atom. The van der Waals surface area contributed by atoms with Crippen LogP contribution in [0.2, 0.25) is 0 Å². The fraction of sp³-hybridized carbons (Fsp3) is 0.333. The number of thiophene rings is 1. The van der Waals surface area contributed by atoms with Crippen LogP contribution in [0.15, 0.2) is 34.1 Å². The van der Waals surface area contributed by atoms with Crippen LogP contribution in [0.5, 0.6) is 6.01 Å². The minimum absolute atomic E-state index is 0.0526. The van der Waals surface area contributed by atoms with Crippen LogP contribution < -0.4 is 4.74 Å². The molecule has 0 radical (unpaired) electrons. The second-order valence-corrected chi connectivity index (χ2v) is 7.62. The standard InChI is InChI=1S/C12H12FN3O3S2/c13-9-6-14-12(15-7-9)19-10-3-4-16(8-10)21(17,18)11-2-1-5-20-11/h1-2,5-7,10H,3-4,8H2/t10-/m1/s1. The zero-order valence-corrected chi connectivity index (χ0v) is 12.5. The highest BCUT2D eigenvalue weighted by Crippen LogP contribution is 2.25. The molecule has 0 amide bonds. The van der Waals surface area contributed by atoms with E-state index in [4.69, 9.17) is 4.74 Å². The molecule has 0 N–H and O–H groups in total. The molecule has 0 aliphatic carbocycles. The third-order valence-corrected chi connectivity index (χ3v) is 6.30. The van der Waals surface area contributed by atoms with Crippen LogP contribution in [0.1, 0.15) is 6.42 Å². The molecule has 1 fully saturated rings. The lowest BCUT2D eigenvalue weighted by atomic mass is 10.3. The van der Waals surface area contributed by atoms with Gasteiger partial charge in [-0.15, -0.1) is 11.3 Å². The molecule has 3 heterocycles. The first-order valence-corrected chi connectivity index (χ1v) is 8.55. The molecule has 2 aromatic rings. The number of hydrogen-bond acceptors (Lipinski definition) is 6. The van der Waals surface area contributed by atoms with Gasteiger partial charge in [-0.25, -0.2) is 22.8 Å². The van der Waals surface area contributed by atoms with E-state index in [2.05, 4.69) is 9.97 Å². The Morgan fingerprint density at radius 2 is 2.14 bits per heavy atom. The van der Waals surface area contributed by atoms with E-state index in [0.717, 1.165) is 12.4 Å². The first-order chi connectivity index (χ1) is 10.1. The summed E-state index contributed by atoms with van der Waals surface area (Å²) in [6, 6.07) is 3.34. The molecule has 0 bridgehead atoms. The molecule has 1 saturated heterocycles. The SMILES string of the molecule is O=S(=O)(c1cccs1)N1CC[C@@H](Oc2ncc(F)cn2)C1. The number of nitrogens with zero attached hydrogens (tertiary/aromatic N) is 3. The zero-order valence-electron chi connectivity index (χ0n) is 10.8. The van der Waals surface area contributed by atoms with E-state index < -0.39 is 15.8 Å². The third kappa shape index (κ3) is 3.04. The number of hydrogen-bond donors (Lipinski definition) is 0. The molecular weight excluding hydrogens is 317 g/mol. The molecule has 1 aliphatic heterocycles. The first kappa shape index (κ1) is 14.4. The van der Waals surface area contributed by atoms with Crippen molar-refractivity contribution in [2.45, 2.75) is 16.7 Å². The van der Waals surface area contributed by atoms with Crippen molar-refractivity contribution in [2.75, 3.05) is 13.1 Å². The van der Waals surface area contributed by atoms with E-state index >= 15 is 0 Å². The van der Waals surface area contributed by atoms with Crippen LogP contribution in [-0.4, -0.2) is 41.9 Å². The van der Waals surface area contributed by atoms with E-state index in [0.29, 0.717) is 17.2 Å². The molecule has 0 aromatic carbocycles. The molecule has 21 heavy (non-hydrogen) atoms. The molecule has 1 atom stereocenters. The van der Waals surface area contributed by atoms with Gasteiger partial charge in [0.05, 0.1) is 18.9 Å². The Labute approximate surface area is 125 Å². The quantitative estimate of drug-likeness (QED) is 0.850. The smallest absolute Gasteiger partial charge is 0.316 e. The normalized spacial score (nSPS) is 19.8. The number of halogens is 1. The van der Waals surface area contributed by atoms with Gasteiger partial charge in [0.15, 0.2) is 5.82 Å². The minimum Gasteiger partial charge on any atom is -0.459 e. The maximum atomic E-state index is 12.7. The van der Waals surface area contributed by atoms with Crippen molar-refractivity contribution in [3.63, 3.8) is 0 Å². The summed E-state index contributed by atoms with van der Waals surface area (Å²) in [4.78, 5) is 7.41. The molecule has 0 spiro atoms. The molecule has 9 heteroatoms. The molecular formula is C12H12FN3O3S2. The monoisotopic (exact) mass is 329 g/mol. The Balaban J connectivity index is 1.67. The van der Waals surface area contributed by atoms with Crippen LogP contribution in [0.4, 0.5) is 4.39 Å². The summed E-state index contributed by atoms with van der Waals surface area (Å²) in [6.07, 6.45) is 2.24. The number of ether oxygens (including phenoxy) is 1. The molecule has 2 aromatic heterocycles. The van der Waals surface area contributed by atoms with Crippen molar-refractivity contribution < 1.29 is 17.5 Å². The van der Waals surface area contributed by atoms with Crippen molar-refractivity contribution >= 4 is 21.4 Å². The van der Waals surface area contributed by atoms with Crippen molar-refractivity contribution in [3.8, 4) is 6.01 Å². The predicted octanol–water partition coefficient (Wildman–Crippen LogP) is 1.52. The van der Waals surface area contributed by atoms with E-state index in [-0.39, 0.29) is 18.7 Å². The molecule has 6 nitrogen and oxygen atoms in total. The average molecular weight is 329 g/mol. The maximum absolute atomic E-state index is 12.7. The van der Waals surface area contributed by atoms with Gasteiger partial charge >= 0.3 is 6.01 Å². The molecule has 0 unspecified atom stereocenters. The number of sulfonamides is 1. The highest BCUT2D eigenvalue weighted by molar-refractivity contribution is 7.91. The van der Waals surface area contributed by atoms with Gasteiger partial charge in [-0.1, -0.05) is 6.07 Å². The highest BCUT2D eigenvalue weighted by atomic mass is 32.2. The fourth-order valence-corrected chi connectivity index (χ4v) is 4.69. The van der Waals surface area contributed by atoms with Gasteiger partial charge in [-0.05, 0) is 17.9 Å². The fourth-order valence-electron chi connectivity index (χ4n) is 2.06. The second-order valence-electron chi connectivity index (χ2n) is 4.51. The van der Waals surface area contributed by atoms with Gasteiger partial charge in [-0.2, -0.15) is 4.31 Å². The zero-order chi connectivity index (χ0) is 14.9. The molecule has 0 saturated carbocycles. The van der Waals surface area contributed by atoms with Crippen LogP contribution in [0, 0.1) is 5.82 Å². The summed E-state index contributed by atoms with van der Waals surface area (Å²) < 4.78 is 44.6. The number of aromatic nitrogens is 2. The van der Waals surface area contributed by atoms with E-state index in [1.54, 1.807) is 17.5 Å². The summed E-state index contributed by atoms with van der Waals surface area (Å²) >= 11 is 1.19. The van der Waals surface area contributed by atoms with Gasteiger partial charge in [0.1, 0.15) is 10.3 Å². The summed E-state index contributed by atoms with van der Waals surface area (Å²) in [7, 11) is -3.46. The third-order valence-electron chi connectivity index (χ3n) is 3.07. The van der Waals surface area contributed by atoms with Gasteiger partial charge < -0.3 is 4.74 Å². The van der Waals surface area contributed by atoms with Gasteiger partial charge in [0, 0.05) is 6.54 Å². The van der Waals surface area contributed by atoms with Crippen LogP contribution in [0.3, 0.4) is 0 Å². The summed E-state index contributed by atoms with van der Waals surface area (Å²) in [5.41, 5.74) is 0. The Morgan fingerprint density at radius 3 is 2.81 bits per heavy atom. The topological polar surface area (TPSA) is 72.4 Å². The van der Waals surface area contributed by atoms with Gasteiger partial charge in [0.25, 0.3) is 10.0 Å². The lowest BCUT2D eigenvalue weighted by molar-refractivity contribution is 0.197. The Bertz CT molecular complexity index is 704. The van der Waals surface area contributed by atoms with E-state index in [1.807, 2.05) is 0 Å². The van der Waals surface area contributed by atoms with Gasteiger partial charge in [-0.3, -0.25) is 0 Å². The summed E-state index contributed by atoms with van der Waals surface area (Å²) in [5, 5.41) is 1.73. The van der Waals surface area contributed by atoms with E-state index in [9.17, 15) is 12.8 Å². The van der Waals surface area contributed by atoms with Crippen LogP contribution in [0.25, 0.3) is 0 Å². The van der Waals surface area contributed by atoms with Crippen molar-refractivity contribution in [2.24, 2.45) is 0 Å². The second kappa shape index (κ2) is 5.66. The predicted molar refractivity (Wildman–Crippen MR) is 74.1 cm³/mol. The maximum Gasteiger partial charge on any atom is 0.316 e. The minimum atomic E-state index is -3.46. The van der Waals surface area contributed by atoms with Crippen LogP contribution >= 0.6 is 11.3 Å². The Hall–Kier alpha value is -1.58. The lowest BCUT2D eigenvalue weighted by Crippen LogP contribution is -2.30. The molecule has 1 aliphatic rings. The largest absolute Gasteiger partial charge is 0.459 e. The van der Waals surface area contributed by atoms with Crippen molar-refractivity contribution in [1.82, 2.24) is 14.3 Å². The van der Waals surface area contributed by atoms with Crippen LogP contribution in [-0.2, 0) is 10.0 Å². The summed E-state index contributed by atoms with van der Waals surface area (Å²) in [5.74, 6) is -0.546. The van der Waals surface area contributed by atoms with Gasteiger partial charge in [0.2, 0.25) is 0 Å².